The summed E-state index contributed by atoms with van der Waals surface area (Å²) in [4.78, 5) is 0. The van der Waals surface area contributed by atoms with E-state index in [1.807, 2.05) is 0 Å². The van der Waals surface area contributed by atoms with Crippen molar-refractivity contribution in [2.75, 3.05) is 6.61 Å². The van der Waals surface area contributed by atoms with Gasteiger partial charge in [-0.05, 0) is 89.8 Å². The molecule has 3 N–H and O–H groups in total. The maximum atomic E-state index is 10.4. The van der Waals surface area contributed by atoms with Gasteiger partial charge in [-0.25, -0.2) is 0 Å². The smallest absolute Gasteiger partial charge is 0.110 e. The first-order chi connectivity index (χ1) is 15.8. The molecule has 33 heavy (non-hydrogen) atoms. The Balaban J connectivity index is 1.64. The lowest BCUT2D eigenvalue weighted by atomic mass is 9.84. The lowest BCUT2D eigenvalue weighted by molar-refractivity contribution is -0.181. The minimum Gasteiger partial charge on any atom is -0.394 e. The van der Waals surface area contributed by atoms with E-state index in [1.165, 1.54) is 39.8 Å². The largest absolute Gasteiger partial charge is 0.394 e. The van der Waals surface area contributed by atoms with Crippen molar-refractivity contribution in [3.8, 4) is 0 Å². The lowest BCUT2D eigenvalue weighted by Crippen LogP contribution is -2.47. The van der Waals surface area contributed by atoms with Crippen molar-refractivity contribution in [2.24, 2.45) is 5.92 Å². The maximum absolute atomic E-state index is 10.4. The molecule has 0 bridgehead atoms. The van der Waals surface area contributed by atoms with Gasteiger partial charge in [0.05, 0.1) is 18.8 Å². The summed E-state index contributed by atoms with van der Waals surface area (Å²) in [5, 5.41) is 30.2. The molecule has 5 unspecified atom stereocenters. The first-order valence-electron chi connectivity index (χ1n) is 12.7. The summed E-state index contributed by atoms with van der Waals surface area (Å²) in [6, 6.07) is 11.4. The molecule has 180 valence electrons. The van der Waals surface area contributed by atoms with Crippen LogP contribution in [-0.2, 0) is 24.0 Å². The molecular formula is C29H40O4. The number of fused-ring (bicyclic) bond motifs is 1. The third kappa shape index (κ3) is 4.90. The second kappa shape index (κ2) is 10.3. The van der Waals surface area contributed by atoms with Crippen molar-refractivity contribution in [1.29, 1.82) is 0 Å². The second-order valence-electron chi connectivity index (χ2n) is 10.4. The van der Waals surface area contributed by atoms with Crippen LogP contribution in [0.4, 0.5) is 0 Å². The van der Waals surface area contributed by atoms with Gasteiger partial charge in [0.25, 0.3) is 0 Å². The zero-order chi connectivity index (χ0) is 23.7. The van der Waals surface area contributed by atoms with Gasteiger partial charge in [0, 0.05) is 6.42 Å². The van der Waals surface area contributed by atoms with Crippen molar-refractivity contribution in [3.05, 3.63) is 69.3 Å². The van der Waals surface area contributed by atoms with Crippen molar-refractivity contribution in [2.45, 2.75) is 96.6 Å². The number of hydrogen-bond donors (Lipinski definition) is 3. The summed E-state index contributed by atoms with van der Waals surface area (Å²) in [5.41, 5.74) is 9.32. The number of benzene rings is 2. The van der Waals surface area contributed by atoms with Crippen molar-refractivity contribution < 1.29 is 20.1 Å². The van der Waals surface area contributed by atoms with E-state index in [9.17, 15) is 15.3 Å². The standard InChI is InChI=1S/C29H40O4/c1-5-22(17(2)3)20-11-9-19(10-12-20)13-21-14-25(18(4)23-7-6-8-24(21)23)27-15-26(31)29(32)28(16-30)33-27/h9-12,14,17,22,26-32H,5-8,13,15-16H2,1-4H3. The fourth-order valence-corrected chi connectivity index (χ4v) is 6.06. The van der Waals surface area contributed by atoms with Gasteiger partial charge in [-0.2, -0.15) is 0 Å². The minimum atomic E-state index is -1.04. The third-order valence-corrected chi connectivity index (χ3v) is 7.96. The van der Waals surface area contributed by atoms with Gasteiger partial charge >= 0.3 is 0 Å². The quantitative estimate of drug-likeness (QED) is 0.566. The van der Waals surface area contributed by atoms with E-state index in [2.05, 4.69) is 58.0 Å². The van der Waals surface area contributed by atoms with E-state index in [-0.39, 0.29) is 12.7 Å². The summed E-state index contributed by atoms with van der Waals surface area (Å²) < 4.78 is 6.07. The molecule has 1 aliphatic heterocycles. The minimum absolute atomic E-state index is 0.299. The molecule has 5 atom stereocenters. The van der Waals surface area contributed by atoms with Crippen LogP contribution in [0, 0.1) is 12.8 Å². The highest BCUT2D eigenvalue weighted by Crippen LogP contribution is 2.39. The van der Waals surface area contributed by atoms with E-state index >= 15 is 0 Å². The Hall–Kier alpha value is -1.72. The van der Waals surface area contributed by atoms with Crippen LogP contribution in [-0.4, -0.2) is 40.2 Å². The third-order valence-electron chi connectivity index (χ3n) is 7.96. The van der Waals surface area contributed by atoms with Crippen LogP contribution in [0.3, 0.4) is 0 Å². The van der Waals surface area contributed by atoms with E-state index in [4.69, 9.17) is 4.74 Å². The molecule has 1 fully saturated rings. The number of rotatable bonds is 7. The Bertz CT molecular complexity index is 949. The fourth-order valence-electron chi connectivity index (χ4n) is 6.06. The highest BCUT2D eigenvalue weighted by molar-refractivity contribution is 5.50. The van der Waals surface area contributed by atoms with Crippen LogP contribution in [0.2, 0.25) is 0 Å². The van der Waals surface area contributed by atoms with Gasteiger partial charge in [-0.3, -0.25) is 0 Å². The van der Waals surface area contributed by atoms with Gasteiger partial charge in [0.2, 0.25) is 0 Å². The van der Waals surface area contributed by atoms with Gasteiger partial charge in [0.15, 0.2) is 0 Å². The van der Waals surface area contributed by atoms with E-state index < -0.39 is 18.3 Å². The molecule has 4 rings (SSSR count). The van der Waals surface area contributed by atoms with E-state index in [1.54, 1.807) is 0 Å². The summed E-state index contributed by atoms with van der Waals surface area (Å²) in [5.74, 6) is 1.23. The van der Waals surface area contributed by atoms with E-state index in [0.717, 1.165) is 31.2 Å². The molecule has 1 aliphatic carbocycles. The predicted octanol–water partition coefficient (Wildman–Crippen LogP) is 4.77. The maximum Gasteiger partial charge on any atom is 0.110 e. The SMILES string of the molecule is CCC(c1ccc(Cc2cc(C3CC(O)C(O)C(CO)O3)c(C)c3c2CCC3)cc1)C(C)C. The molecule has 1 heterocycles. The molecule has 0 aromatic heterocycles. The summed E-state index contributed by atoms with van der Waals surface area (Å²) in [7, 11) is 0. The fraction of sp³-hybridized carbons (Fsp3) is 0.586. The van der Waals surface area contributed by atoms with Gasteiger partial charge in [-0.15, -0.1) is 0 Å². The van der Waals surface area contributed by atoms with Crippen LogP contribution >= 0.6 is 0 Å². The Morgan fingerprint density at radius 1 is 1.06 bits per heavy atom. The molecule has 0 radical (unpaired) electrons. The number of aliphatic hydroxyl groups excluding tert-OH is 3. The predicted molar refractivity (Wildman–Crippen MR) is 132 cm³/mol. The lowest BCUT2D eigenvalue weighted by Gasteiger charge is -2.37. The van der Waals surface area contributed by atoms with Crippen LogP contribution in [0.1, 0.15) is 91.0 Å². The summed E-state index contributed by atoms with van der Waals surface area (Å²) in [6.07, 6.45) is 2.74. The summed E-state index contributed by atoms with van der Waals surface area (Å²) in [6.45, 7) is 8.71. The zero-order valence-electron chi connectivity index (χ0n) is 20.6. The molecule has 4 heteroatoms. The number of hydrogen-bond acceptors (Lipinski definition) is 4. The Morgan fingerprint density at radius 2 is 1.76 bits per heavy atom. The summed E-state index contributed by atoms with van der Waals surface area (Å²) >= 11 is 0. The first-order valence-corrected chi connectivity index (χ1v) is 12.7. The number of aliphatic hydroxyl groups is 3. The molecular weight excluding hydrogens is 412 g/mol. The number of ether oxygens (including phenoxy) is 1. The Morgan fingerprint density at radius 3 is 2.39 bits per heavy atom. The molecule has 2 aromatic rings. The monoisotopic (exact) mass is 452 g/mol. The van der Waals surface area contributed by atoms with Crippen LogP contribution in [0.5, 0.6) is 0 Å². The van der Waals surface area contributed by atoms with Crippen LogP contribution in [0.15, 0.2) is 30.3 Å². The normalized spacial score (nSPS) is 25.9. The average Bonchev–Trinajstić information content (AvgIpc) is 3.30. The molecule has 2 aromatic carbocycles. The Kier molecular flexibility index (Phi) is 7.59. The topological polar surface area (TPSA) is 69.9 Å². The molecule has 2 aliphatic rings. The highest BCUT2D eigenvalue weighted by Gasteiger charge is 2.38. The molecule has 0 amide bonds. The average molecular weight is 453 g/mol. The van der Waals surface area contributed by atoms with Gasteiger partial charge in [-0.1, -0.05) is 51.1 Å². The van der Waals surface area contributed by atoms with Crippen LogP contribution < -0.4 is 0 Å². The van der Waals surface area contributed by atoms with Gasteiger partial charge < -0.3 is 20.1 Å². The molecule has 0 spiro atoms. The zero-order valence-corrected chi connectivity index (χ0v) is 20.6. The van der Waals surface area contributed by atoms with Crippen molar-refractivity contribution in [3.63, 3.8) is 0 Å². The van der Waals surface area contributed by atoms with Crippen molar-refractivity contribution >= 4 is 0 Å². The molecule has 0 saturated carbocycles. The van der Waals surface area contributed by atoms with Crippen LogP contribution in [0.25, 0.3) is 0 Å². The second-order valence-corrected chi connectivity index (χ2v) is 10.4. The highest BCUT2D eigenvalue weighted by atomic mass is 16.5. The molecule has 1 saturated heterocycles. The molecule has 4 nitrogen and oxygen atoms in total. The Labute approximate surface area is 198 Å². The van der Waals surface area contributed by atoms with Crippen molar-refractivity contribution in [1.82, 2.24) is 0 Å². The first kappa shape index (κ1) is 24.4. The van der Waals surface area contributed by atoms with Gasteiger partial charge in [0.1, 0.15) is 12.2 Å². The van der Waals surface area contributed by atoms with E-state index in [0.29, 0.717) is 18.3 Å².